The first-order chi connectivity index (χ1) is 20.5. The number of para-hydroxylation sites is 1. The Morgan fingerprint density at radius 1 is 1.05 bits per heavy atom. The summed E-state index contributed by atoms with van der Waals surface area (Å²) < 4.78 is 24.3. The van der Waals surface area contributed by atoms with Crippen LogP contribution in [0.25, 0.3) is 11.8 Å². The maximum atomic E-state index is 14.1. The molecular weight excluding hydrogens is 552 g/mol. The minimum Gasteiger partial charge on any atom is -0.493 e. The van der Waals surface area contributed by atoms with E-state index in [2.05, 4.69) is 18.2 Å². The molecule has 9 heteroatoms. The van der Waals surface area contributed by atoms with Crippen LogP contribution in [0, 0.1) is 0 Å². The van der Waals surface area contributed by atoms with Crippen LogP contribution in [0.3, 0.4) is 0 Å². The van der Waals surface area contributed by atoms with E-state index in [1.54, 1.807) is 37.8 Å². The molecule has 0 spiro atoms. The summed E-state index contributed by atoms with van der Waals surface area (Å²) >= 11 is 1.35. The van der Waals surface area contributed by atoms with Crippen LogP contribution in [0.2, 0.25) is 0 Å². The van der Waals surface area contributed by atoms with Crippen LogP contribution in [0.5, 0.6) is 17.2 Å². The van der Waals surface area contributed by atoms with Gasteiger partial charge in [-0.15, -0.1) is 0 Å². The van der Waals surface area contributed by atoms with Crippen LogP contribution in [-0.2, 0) is 16.0 Å². The van der Waals surface area contributed by atoms with Gasteiger partial charge < -0.3 is 18.9 Å². The summed E-state index contributed by atoms with van der Waals surface area (Å²) in [7, 11) is 3.23. The van der Waals surface area contributed by atoms with Gasteiger partial charge in [-0.05, 0) is 60.7 Å². The van der Waals surface area contributed by atoms with Crippen LogP contribution >= 0.6 is 11.3 Å². The van der Waals surface area contributed by atoms with Crippen LogP contribution in [-0.4, -0.2) is 38.0 Å². The average molecular weight is 583 g/mol. The SMILES string of the molecule is CCOC(=O)COc1cccc(C=c2sc3n(c2=O)C(c2cccc(OC)c2OC)C2=C(N=3)c3ccccc3CC2)c1. The molecule has 0 amide bonds. The average Bonchev–Trinajstić information content (AvgIpc) is 3.32. The summed E-state index contributed by atoms with van der Waals surface area (Å²) in [5.41, 5.74) is 5.80. The van der Waals surface area contributed by atoms with Crippen molar-refractivity contribution in [3.8, 4) is 17.2 Å². The van der Waals surface area contributed by atoms with Gasteiger partial charge in [0, 0.05) is 11.1 Å². The number of methoxy groups -OCH3 is 2. The Bertz CT molecular complexity index is 1890. The zero-order valence-electron chi connectivity index (χ0n) is 23.6. The smallest absolute Gasteiger partial charge is 0.344 e. The van der Waals surface area contributed by atoms with E-state index in [4.69, 9.17) is 23.9 Å². The Morgan fingerprint density at radius 2 is 1.88 bits per heavy atom. The third-order valence-corrected chi connectivity index (χ3v) is 8.40. The number of nitrogens with zero attached hydrogens (tertiary/aromatic N) is 2. The molecule has 0 N–H and O–H groups in total. The van der Waals surface area contributed by atoms with Gasteiger partial charge in [-0.25, -0.2) is 9.79 Å². The minimum absolute atomic E-state index is 0.142. The number of allylic oxidation sites excluding steroid dienone is 1. The first-order valence-corrected chi connectivity index (χ1v) is 14.6. The molecule has 0 fully saturated rings. The second kappa shape index (κ2) is 11.7. The number of ether oxygens (including phenoxy) is 4. The Balaban J connectivity index is 1.51. The maximum Gasteiger partial charge on any atom is 0.344 e. The van der Waals surface area contributed by atoms with Gasteiger partial charge in [0.2, 0.25) is 0 Å². The van der Waals surface area contributed by atoms with Crippen molar-refractivity contribution < 1.29 is 23.7 Å². The lowest BCUT2D eigenvalue weighted by molar-refractivity contribution is -0.145. The molecule has 1 aliphatic heterocycles. The number of aromatic nitrogens is 1. The summed E-state index contributed by atoms with van der Waals surface area (Å²) in [6, 6.07) is 20.9. The zero-order valence-corrected chi connectivity index (χ0v) is 24.4. The standard InChI is InChI=1S/C33H30N2O6S/c1-4-40-28(36)19-41-22-11-7-9-20(17-22)18-27-32(37)35-30(25-13-8-14-26(38-2)31(25)39-3)24-16-15-21-10-5-6-12-23(21)29(24)34-33(35)42-27/h5-14,17-18,30H,4,15-16,19H2,1-3H3. The first-order valence-electron chi connectivity index (χ1n) is 13.7. The monoisotopic (exact) mass is 582 g/mol. The lowest BCUT2D eigenvalue weighted by Crippen LogP contribution is -2.39. The van der Waals surface area contributed by atoms with Crippen molar-refractivity contribution in [2.75, 3.05) is 27.4 Å². The third-order valence-electron chi connectivity index (χ3n) is 7.42. The molecule has 6 rings (SSSR count). The number of carbonyl (C=O) groups is 1. The van der Waals surface area contributed by atoms with E-state index in [1.165, 1.54) is 16.9 Å². The van der Waals surface area contributed by atoms with Gasteiger partial charge in [-0.3, -0.25) is 9.36 Å². The number of thiazole rings is 1. The number of fused-ring (bicyclic) bond motifs is 3. The van der Waals surface area contributed by atoms with E-state index >= 15 is 0 Å². The number of hydrogen-bond donors (Lipinski definition) is 0. The summed E-state index contributed by atoms with van der Waals surface area (Å²) in [5, 5.41) is 0. The summed E-state index contributed by atoms with van der Waals surface area (Å²) in [6.45, 7) is 1.86. The Hall–Kier alpha value is -4.63. The normalized spacial score (nSPS) is 15.7. The fourth-order valence-corrected chi connectivity index (χ4v) is 6.62. The number of benzene rings is 3. The topological polar surface area (TPSA) is 88.4 Å². The van der Waals surface area contributed by atoms with Crippen LogP contribution in [0.15, 0.2) is 82.1 Å². The number of rotatable bonds is 8. The fourth-order valence-electron chi connectivity index (χ4n) is 5.62. The molecule has 0 bridgehead atoms. The van der Waals surface area contributed by atoms with Crippen molar-refractivity contribution in [2.24, 2.45) is 4.99 Å². The van der Waals surface area contributed by atoms with Gasteiger partial charge >= 0.3 is 5.97 Å². The van der Waals surface area contributed by atoms with Crippen molar-refractivity contribution in [1.82, 2.24) is 4.57 Å². The zero-order chi connectivity index (χ0) is 29.2. The molecule has 1 aliphatic carbocycles. The summed E-state index contributed by atoms with van der Waals surface area (Å²) in [5.74, 6) is 1.27. The first kappa shape index (κ1) is 27.5. The maximum absolute atomic E-state index is 14.1. The molecule has 2 aliphatic rings. The molecular formula is C33H30N2O6S. The molecule has 1 unspecified atom stereocenters. The van der Waals surface area contributed by atoms with Crippen LogP contribution in [0.1, 0.15) is 41.6 Å². The van der Waals surface area contributed by atoms with E-state index in [9.17, 15) is 9.59 Å². The Morgan fingerprint density at radius 3 is 2.69 bits per heavy atom. The molecule has 1 aromatic heterocycles. The predicted molar refractivity (Wildman–Crippen MR) is 161 cm³/mol. The largest absolute Gasteiger partial charge is 0.493 e. The van der Waals surface area contributed by atoms with Gasteiger partial charge in [-0.2, -0.15) is 0 Å². The van der Waals surface area contributed by atoms with Gasteiger partial charge in [-0.1, -0.05) is 59.9 Å². The predicted octanol–water partition coefficient (Wildman–Crippen LogP) is 4.28. The Kier molecular flexibility index (Phi) is 7.67. The quantitative estimate of drug-likeness (QED) is 0.288. The Labute approximate surface area is 246 Å². The summed E-state index contributed by atoms with van der Waals surface area (Å²) in [6.07, 6.45) is 3.46. The molecule has 3 aromatic carbocycles. The molecule has 42 heavy (non-hydrogen) atoms. The van der Waals surface area contributed by atoms with Crippen molar-refractivity contribution in [1.29, 1.82) is 0 Å². The number of carbonyl (C=O) groups excluding carboxylic acids is 1. The highest BCUT2D eigenvalue weighted by Crippen LogP contribution is 2.45. The highest BCUT2D eigenvalue weighted by molar-refractivity contribution is 7.07. The van der Waals surface area contributed by atoms with Gasteiger partial charge in [0.05, 0.1) is 37.1 Å². The highest BCUT2D eigenvalue weighted by Gasteiger charge is 2.34. The van der Waals surface area contributed by atoms with E-state index in [1.807, 2.05) is 42.5 Å². The van der Waals surface area contributed by atoms with Crippen LogP contribution in [0.4, 0.5) is 0 Å². The van der Waals surface area contributed by atoms with Crippen molar-refractivity contribution in [2.45, 2.75) is 25.8 Å². The van der Waals surface area contributed by atoms with Crippen LogP contribution < -0.4 is 29.1 Å². The third kappa shape index (κ3) is 5.00. The summed E-state index contributed by atoms with van der Waals surface area (Å²) in [4.78, 5) is 31.6. The van der Waals surface area contributed by atoms with E-state index in [0.717, 1.165) is 40.8 Å². The second-order valence-corrected chi connectivity index (χ2v) is 10.9. The minimum atomic E-state index is -0.435. The molecule has 2 heterocycles. The van der Waals surface area contributed by atoms with Crippen molar-refractivity contribution in [3.63, 3.8) is 0 Å². The molecule has 8 nitrogen and oxygen atoms in total. The van der Waals surface area contributed by atoms with Gasteiger partial charge in [0.1, 0.15) is 5.75 Å². The fraction of sp³-hybridized carbons (Fsp3) is 0.242. The van der Waals surface area contributed by atoms with Crippen molar-refractivity contribution in [3.05, 3.63) is 114 Å². The van der Waals surface area contributed by atoms with E-state index in [-0.39, 0.29) is 12.2 Å². The van der Waals surface area contributed by atoms with Gasteiger partial charge in [0.25, 0.3) is 5.56 Å². The van der Waals surface area contributed by atoms with E-state index < -0.39 is 12.0 Å². The number of esters is 1. The molecule has 0 saturated heterocycles. The highest BCUT2D eigenvalue weighted by atomic mass is 32.1. The lowest BCUT2D eigenvalue weighted by Gasteiger charge is -2.31. The second-order valence-electron chi connectivity index (χ2n) is 9.86. The van der Waals surface area contributed by atoms with E-state index in [0.29, 0.717) is 33.2 Å². The number of aryl methyl sites for hydroxylation is 1. The number of hydrogen-bond acceptors (Lipinski definition) is 8. The molecule has 1 atom stereocenters. The van der Waals surface area contributed by atoms with Crippen molar-refractivity contribution >= 4 is 29.1 Å². The molecule has 0 radical (unpaired) electrons. The molecule has 4 aromatic rings. The van der Waals surface area contributed by atoms with Gasteiger partial charge in [0.15, 0.2) is 22.9 Å². The molecule has 0 saturated carbocycles. The molecule has 214 valence electrons. The lowest BCUT2D eigenvalue weighted by atomic mass is 9.83.